The van der Waals surface area contributed by atoms with Gasteiger partial charge in [0.25, 0.3) is 0 Å². The monoisotopic (exact) mass is 608 g/mol. The number of aryl methyl sites for hydroxylation is 1. The summed E-state index contributed by atoms with van der Waals surface area (Å²) in [6, 6.07) is 22.1. The number of nitrogens with zero attached hydrogens (tertiary/aromatic N) is 2. The molecular formula is C31H30BrFN2O5. The molecule has 0 saturated carbocycles. The Morgan fingerprint density at radius 3 is 2.12 bits per heavy atom. The van der Waals surface area contributed by atoms with Gasteiger partial charge in [0.1, 0.15) is 30.4 Å². The molecule has 7 nitrogen and oxygen atoms in total. The van der Waals surface area contributed by atoms with Crippen molar-refractivity contribution in [1.29, 1.82) is 0 Å². The van der Waals surface area contributed by atoms with Crippen LogP contribution in [0, 0.1) is 5.82 Å². The highest BCUT2D eigenvalue weighted by molar-refractivity contribution is 9.09. The molecule has 4 aromatic rings. The summed E-state index contributed by atoms with van der Waals surface area (Å²) in [5, 5.41) is 0.735. The van der Waals surface area contributed by atoms with E-state index in [1.807, 2.05) is 55.5 Å². The molecule has 0 fully saturated rings. The first-order valence-electron chi connectivity index (χ1n) is 13.1. The van der Waals surface area contributed by atoms with Crippen molar-refractivity contribution in [2.45, 2.75) is 39.5 Å². The van der Waals surface area contributed by atoms with E-state index >= 15 is 0 Å². The van der Waals surface area contributed by atoms with E-state index in [-0.39, 0.29) is 43.1 Å². The first-order valence-corrected chi connectivity index (χ1v) is 14.2. The van der Waals surface area contributed by atoms with Gasteiger partial charge in [-0.2, -0.15) is 0 Å². The van der Waals surface area contributed by atoms with Crippen LogP contribution in [0.5, 0.6) is 0 Å². The number of carbonyl (C=O) groups is 2. The van der Waals surface area contributed by atoms with E-state index in [0.717, 1.165) is 23.6 Å². The van der Waals surface area contributed by atoms with E-state index in [1.54, 1.807) is 16.7 Å². The lowest BCUT2D eigenvalue weighted by molar-refractivity contribution is 0.0471. The third-order valence-corrected chi connectivity index (χ3v) is 6.94. The predicted octanol–water partition coefficient (Wildman–Crippen LogP) is 6.84. The molecule has 3 aromatic carbocycles. The number of hydrogen-bond donors (Lipinski definition) is 0. The van der Waals surface area contributed by atoms with Crippen LogP contribution in [0.3, 0.4) is 0 Å². The minimum absolute atomic E-state index is 0.0115. The van der Waals surface area contributed by atoms with Crippen molar-refractivity contribution in [2.24, 2.45) is 0 Å². The number of alkyl halides is 1. The number of halogens is 2. The highest BCUT2D eigenvalue weighted by Gasteiger charge is 2.31. The van der Waals surface area contributed by atoms with Crippen LogP contribution in [-0.4, -0.2) is 28.5 Å². The van der Waals surface area contributed by atoms with Crippen LogP contribution in [0.4, 0.5) is 15.0 Å². The normalized spacial score (nSPS) is 10.9. The van der Waals surface area contributed by atoms with Gasteiger partial charge >= 0.3 is 12.1 Å². The summed E-state index contributed by atoms with van der Waals surface area (Å²) in [7, 11) is 0. The average molecular weight is 609 g/mol. The number of pyridine rings is 1. The van der Waals surface area contributed by atoms with Gasteiger partial charge in [-0.05, 0) is 49.1 Å². The number of carbonyl (C=O) groups excluding carboxylic acids is 2. The molecule has 40 heavy (non-hydrogen) atoms. The number of amides is 1. The lowest BCUT2D eigenvalue weighted by Gasteiger charge is -2.28. The molecule has 0 N–H and O–H groups in total. The Balaban J connectivity index is 1.83. The number of fused-ring (bicyclic) bond motifs is 1. The SMILES string of the molecule is CCn1c(N(CCCCBr)C(=O)OCc2ccccc2)c(C(=O)OCc2ccccc2)c(=O)c2cc(F)ccc21. The highest BCUT2D eigenvalue weighted by atomic mass is 79.9. The number of rotatable bonds is 11. The summed E-state index contributed by atoms with van der Waals surface area (Å²) >= 11 is 3.41. The second-order valence-corrected chi connectivity index (χ2v) is 9.88. The number of anilines is 1. The van der Waals surface area contributed by atoms with Gasteiger partial charge in [0.2, 0.25) is 5.43 Å². The average Bonchev–Trinajstić information content (AvgIpc) is 2.98. The number of esters is 1. The van der Waals surface area contributed by atoms with E-state index < -0.39 is 23.3 Å². The Hall–Kier alpha value is -3.98. The van der Waals surface area contributed by atoms with Gasteiger partial charge in [0, 0.05) is 23.8 Å². The minimum Gasteiger partial charge on any atom is -0.457 e. The smallest absolute Gasteiger partial charge is 0.415 e. The zero-order valence-corrected chi connectivity index (χ0v) is 23.7. The van der Waals surface area contributed by atoms with Gasteiger partial charge in [-0.15, -0.1) is 0 Å². The fraction of sp³-hybridized carbons (Fsp3) is 0.258. The molecule has 0 aliphatic heterocycles. The first kappa shape index (κ1) is 29.0. The van der Waals surface area contributed by atoms with Crippen LogP contribution in [0.2, 0.25) is 0 Å². The number of unbranched alkanes of at least 4 members (excludes halogenated alkanes) is 1. The molecule has 208 valence electrons. The third kappa shape index (κ3) is 6.77. The summed E-state index contributed by atoms with van der Waals surface area (Å²) in [5.74, 6) is -1.45. The van der Waals surface area contributed by atoms with Crippen molar-refractivity contribution in [3.63, 3.8) is 0 Å². The molecule has 0 unspecified atom stereocenters. The number of aromatic nitrogens is 1. The van der Waals surface area contributed by atoms with Gasteiger partial charge in [-0.25, -0.2) is 14.0 Å². The maximum absolute atomic E-state index is 14.3. The lowest BCUT2D eigenvalue weighted by Crippen LogP contribution is -2.38. The van der Waals surface area contributed by atoms with Gasteiger partial charge in [0.05, 0.1) is 5.52 Å². The van der Waals surface area contributed by atoms with Crippen molar-refractivity contribution >= 4 is 44.7 Å². The lowest BCUT2D eigenvalue weighted by atomic mass is 10.1. The van der Waals surface area contributed by atoms with Crippen molar-refractivity contribution < 1.29 is 23.5 Å². The van der Waals surface area contributed by atoms with E-state index in [1.165, 1.54) is 17.0 Å². The van der Waals surface area contributed by atoms with E-state index in [2.05, 4.69) is 15.9 Å². The van der Waals surface area contributed by atoms with Crippen LogP contribution < -0.4 is 10.3 Å². The van der Waals surface area contributed by atoms with Gasteiger partial charge < -0.3 is 14.0 Å². The van der Waals surface area contributed by atoms with Crippen LogP contribution in [-0.2, 0) is 29.2 Å². The molecule has 1 amide bonds. The largest absolute Gasteiger partial charge is 0.457 e. The predicted molar refractivity (Wildman–Crippen MR) is 156 cm³/mol. The Kier molecular flexibility index (Phi) is 10.1. The molecule has 4 rings (SSSR count). The molecule has 9 heteroatoms. The maximum atomic E-state index is 14.3. The number of ether oxygens (including phenoxy) is 2. The molecule has 0 aliphatic rings. The highest BCUT2D eigenvalue weighted by Crippen LogP contribution is 2.28. The Bertz CT molecular complexity index is 1530. The number of benzene rings is 3. The Labute approximate surface area is 240 Å². The molecule has 1 aromatic heterocycles. The Morgan fingerprint density at radius 1 is 0.900 bits per heavy atom. The molecule has 0 saturated heterocycles. The van der Waals surface area contributed by atoms with Crippen molar-refractivity contribution in [2.75, 3.05) is 16.8 Å². The fourth-order valence-electron chi connectivity index (χ4n) is 4.44. The molecule has 0 aliphatic carbocycles. The summed E-state index contributed by atoms with van der Waals surface area (Å²) in [5.41, 5.74) is 0.863. The Morgan fingerprint density at radius 2 is 1.52 bits per heavy atom. The topological polar surface area (TPSA) is 77.8 Å². The minimum atomic E-state index is -0.904. The fourth-order valence-corrected chi connectivity index (χ4v) is 4.83. The van der Waals surface area contributed by atoms with E-state index in [4.69, 9.17) is 9.47 Å². The van der Waals surface area contributed by atoms with Crippen LogP contribution in [0.15, 0.2) is 83.7 Å². The maximum Gasteiger partial charge on any atom is 0.415 e. The standard InChI is InChI=1S/C31H30BrFN2O5/c1-2-34-26-16-15-24(33)19-25(26)28(36)27(30(37)39-20-22-11-5-3-6-12-22)29(34)35(18-10-9-17-32)31(38)40-21-23-13-7-4-8-14-23/h3-8,11-16,19H,2,9-10,17-18,20-21H2,1H3. The van der Waals surface area contributed by atoms with Gasteiger partial charge in [0.15, 0.2) is 0 Å². The molecular weight excluding hydrogens is 579 g/mol. The molecule has 1 heterocycles. The zero-order chi connectivity index (χ0) is 28.5. The number of hydrogen-bond acceptors (Lipinski definition) is 5. The van der Waals surface area contributed by atoms with Crippen molar-refractivity contribution in [1.82, 2.24) is 4.57 Å². The van der Waals surface area contributed by atoms with Crippen LogP contribution in [0.1, 0.15) is 41.3 Å². The van der Waals surface area contributed by atoms with Gasteiger partial charge in [-0.1, -0.05) is 76.6 Å². The van der Waals surface area contributed by atoms with Crippen molar-refractivity contribution in [3.8, 4) is 0 Å². The van der Waals surface area contributed by atoms with Crippen LogP contribution in [0.25, 0.3) is 10.9 Å². The van der Waals surface area contributed by atoms with Gasteiger partial charge in [-0.3, -0.25) is 9.69 Å². The van der Waals surface area contributed by atoms with Crippen molar-refractivity contribution in [3.05, 3.63) is 112 Å². The molecule has 0 spiro atoms. The molecule has 0 bridgehead atoms. The second kappa shape index (κ2) is 13.9. The molecule has 0 radical (unpaired) electrons. The summed E-state index contributed by atoms with van der Waals surface area (Å²) in [6.07, 6.45) is 0.605. The summed E-state index contributed by atoms with van der Waals surface area (Å²) in [6.45, 7) is 2.23. The van der Waals surface area contributed by atoms with E-state index in [0.29, 0.717) is 17.3 Å². The van der Waals surface area contributed by atoms with E-state index in [9.17, 15) is 18.8 Å². The third-order valence-electron chi connectivity index (χ3n) is 6.38. The zero-order valence-electron chi connectivity index (χ0n) is 22.1. The second-order valence-electron chi connectivity index (χ2n) is 9.08. The first-order chi connectivity index (χ1) is 19.4. The summed E-state index contributed by atoms with van der Waals surface area (Å²) in [4.78, 5) is 42.3. The summed E-state index contributed by atoms with van der Waals surface area (Å²) < 4.78 is 27.1. The quantitative estimate of drug-likeness (QED) is 0.106. The van der Waals surface area contributed by atoms with Crippen LogP contribution >= 0.6 is 15.9 Å². The molecule has 0 atom stereocenters.